The highest BCUT2D eigenvalue weighted by Crippen LogP contribution is 2.23. The van der Waals surface area contributed by atoms with Gasteiger partial charge in [0.05, 0.1) is 12.3 Å². The maximum absolute atomic E-state index is 5.53. The second-order valence-electron chi connectivity index (χ2n) is 3.48. The van der Waals surface area contributed by atoms with Gasteiger partial charge >= 0.3 is 0 Å². The second-order valence-corrected chi connectivity index (χ2v) is 4.34. The third kappa shape index (κ3) is 2.47. The van der Waals surface area contributed by atoms with E-state index >= 15 is 0 Å². The van der Waals surface area contributed by atoms with Crippen LogP contribution in [0.5, 0.6) is 0 Å². The van der Waals surface area contributed by atoms with Gasteiger partial charge in [-0.15, -0.1) is 11.3 Å². The van der Waals surface area contributed by atoms with Crippen LogP contribution in [-0.4, -0.2) is 12.1 Å². The Morgan fingerprint density at radius 3 is 2.62 bits per heavy atom. The number of nitrogens with two attached hydrogens (primary N) is 1. The maximum atomic E-state index is 5.53. The van der Waals surface area contributed by atoms with Crippen molar-refractivity contribution in [1.82, 2.24) is 4.98 Å². The van der Waals surface area contributed by atoms with Crippen LogP contribution in [-0.2, 0) is 17.9 Å². The lowest BCUT2D eigenvalue weighted by Crippen LogP contribution is -1.95. The van der Waals surface area contributed by atoms with Gasteiger partial charge in [0.15, 0.2) is 0 Å². The number of hydrogen-bond donors (Lipinski definition) is 1. The van der Waals surface area contributed by atoms with Gasteiger partial charge < -0.3 is 10.5 Å². The fourth-order valence-corrected chi connectivity index (χ4v) is 2.28. The van der Waals surface area contributed by atoms with E-state index in [2.05, 4.69) is 29.2 Å². The predicted molar refractivity (Wildman–Crippen MR) is 66.2 cm³/mol. The zero-order valence-electron chi connectivity index (χ0n) is 9.14. The van der Waals surface area contributed by atoms with Crippen LogP contribution >= 0.6 is 11.3 Å². The van der Waals surface area contributed by atoms with Gasteiger partial charge in [-0.05, 0) is 5.56 Å². The van der Waals surface area contributed by atoms with E-state index in [1.807, 2.05) is 5.38 Å². The van der Waals surface area contributed by atoms with Crippen molar-refractivity contribution in [1.29, 1.82) is 0 Å². The van der Waals surface area contributed by atoms with Crippen molar-refractivity contribution in [3.8, 4) is 10.6 Å². The van der Waals surface area contributed by atoms with Crippen molar-refractivity contribution in [2.45, 2.75) is 13.2 Å². The number of thiazole rings is 1. The molecular formula is C12H14N2OS. The maximum Gasteiger partial charge on any atom is 0.123 e. The summed E-state index contributed by atoms with van der Waals surface area (Å²) >= 11 is 1.62. The lowest BCUT2D eigenvalue weighted by atomic mass is 10.1. The van der Waals surface area contributed by atoms with Crippen LogP contribution in [0, 0.1) is 0 Å². The molecule has 0 atom stereocenters. The molecule has 0 spiro atoms. The zero-order chi connectivity index (χ0) is 11.4. The first-order valence-corrected chi connectivity index (χ1v) is 5.94. The summed E-state index contributed by atoms with van der Waals surface area (Å²) in [6.45, 7) is 1.14. The van der Waals surface area contributed by atoms with Crippen molar-refractivity contribution in [2.75, 3.05) is 7.11 Å². The fraction of sp³-hybridized carbons (Fsp3) is 0.250. The summed E-state index contributed by atoms with van der Waals surface area (Å²) in [5.41, 5.74) is 8.78. The lowest BCUT2D eigenvalue weighted by Gasteiger charge is -2.00. The first kappa shape index (κ1) is 11.3. The minimum Gasteiger partial charge on any atom is -0.380 e. The van der Waals surface area contributed by atoms with E-state index in [4.69, 9.17) is 10.5 Å². The van der Waals surface area contributed by atoms with Crippen LogP contribution in [0.15, 0.2) is 29.6 Å². The smallest absolute Gasteiger partial charge is 0.123 e. The molecule has 0 fully saturated rings. The number of ether oxygens (including phenoxy) is 1. The van der Waals surface area contributed by atoms with Crippen LogP contribution in [0.1, 0.15) is 11.3 Å². The molecule has 0 aliphatic carbocycles. The Labute approximate surface area is 98.9 Å². The molecule has 0 saturated heterocycles. The highest BCUT2D eigenvalue weighted by molar-refractivity contribution is 7.13. The van der Waals surface area contributed by atoms with Crippen molar-refractivity contribution in [2.24, 2.45) is 5.73 Å². The van der Waals surface area contributed by atoms with Gasteiger partial charge in [0.2, 0.25) is 0 Å². The summed E-state index contributed by atoms with van der Waals surface area (Å²) in [6.07, 6.45) is 0. The Kier molecular flexibility index (Phi) is 3.66. The van der Waals surface area contributed by atoms with Gasteiger partial charge in [-0.25, -0.2) is 4.98 Å². The minimum atomic E-state index is 0.498. The van der Waals surface area contributed by atoms with Crippen LogP contribution < -0.4 is 5.73 Å². The Bertz CT molecular complexity index is 450. The molecule has 84 valence electrons. The molecular weight excluding hydrogens is 220 g/mol. The molecule has 2 aromatic rings. The second kappa shape index (κ2) is 5.21. The van der Waals surface area contributed by atoms with E-state index in [1.165, 1.54) is 5.56 Å². The summed E-state index contributed by atoms with van der Waals surface area (Å²) in [7, 11) is 1.70. The minimum absolute atomic E-state index is 0.498. The number of rotatable bonds is 4. The Hall–Kier alpha value is -1.23. The van der Waals surface area contributed by atoms with Gasteiger partial charge in [0.25, 0.3) is 0 Å². The van der Waals surface area contributed by atoms with Gasteiger partial charge in [0.1, 0.15) is 5.01 Å². The van der Waals surface area contributed by atoms with Crippen LogP contribution in [0.2, 0.25) is 0 Å². The predicted octanol–water partition coefficient (Wildman–Crippen LogP) is 2.42. The third-order valence-corrected chi connectivity index (χ3v) is 3.21. The molecule has 0 saturated carbocycles. The van der Waals surface area contributed by atoms with Crippen molar-refractivity contribution < 1.29 is 4.74 Å². The summed E-state index contributed by atoms with van der Waals surface area (Å²) < 4.78 is 5.07. The number of aromatic nitrogens is 1. The van der Waals surface area contributed by atoms with Crippen molar-refractivity contribution in [3.05, 3.63) is 40.9 Å². The van der Waals surface area contributed by atoms with E-state index in [-0.39, 0.29) is 0 Å². The summed E-state index contributed by atoms with van der Waals surface area (Å²) in [4.78, 5) is 4.44. The monoisotopic (exact) mass is 234 g/mol. The average molecular weight is 234 g/mol. The molecule has 3 nitrogen and oxygen atoms in total. The van der Waals surface area contributed by atoms with E-state index in [9.17, 15) is 0 Å². The topological polar surface area (TPSA) is 48.1 Å². The first-order valence-electron chi connectivity index (χ1n) is 5.06. The third-order valence-electron chi connectivity index (χ3n) is 2.27. The average Bonchev–Trinajstić information content (AvgIpc) is 2.79. The molecule has 0 unspecified atom stereocenters. The Morgan fingerprint density at radius 1 is 1.31 bits per heavy atom. The quantitative estimate of drug-likeness (QED) is 0.883. The number of benzene rings is 1. The molecule has 0 bridgehead atoms. The summed E-state index contributed by atoms with van der Waals surface area (Å²) in [6, 6.07) is 8.24. The van der Waals surface area contributed by atoms with E-state index in [0.717, 1.165) is 16.3 Å². The largest absolute Gasteiger partial charge is 0.380 e. The lowest BCUT2D eigenvalue weighted by molar-refractivity contribution is 0.185. The highest BCUT2D eigenvalue weighted by atomic mass is 32.1. The van der Waals surface area contributed by atoms with E-state index in [1.54, 1.807) is 18.4 Å². The standard InChI is InChI=1S/C12H14N2OS/c1-15-7-9-2-4-10(5-3-9)12-14-11(6-13)8-16-12/h2-5,8H,6-7,13H2,1H3. The van der Waals surface area contributed by atoms with Crippen molar-refractivity contribution >= 4 is 11.3 Å². The molecule has 0 radical (unpaired) electrons. The zero-order valence-corrected chi connectivity index (χ0v) is 9.96. The van der Waals surface area contributed by atoms with Gasteiger partial charge in [-0.3, -0.25) is 0 Å². The normalized spacial score (nSPS) is 10.6. The number of hydrogen-bond acceptors (Lipinski definition) is 4. The van der Waals surface area contributed by atoms with Gasteiger partial charge in [-0.2, -0.15) is 0 Å². The number of nitrogens with zero attached hydrogens (tertiary/aromatic N) is 1. The Balaban J connectivity index is 2.20. The molecule has 1 aromatic heterocycles. The highest BCUT2D eigenvalue weighted by Gasteiger charge is 2.03. The van der Waals surface area contributed by atoms with Gasteiger partial charge in [-0.1, -0.05) is 24.3 Å². The molecule has 1 heterocycles. The van der Waals surface area contributed by atoms with E-state index in [0.29, 0.717) is 13.2 Å². The van der Waals surface area contributed by atoms with Crippen molar-refractivity contribution in [3.63, 3.8) is 0 Å². The van der Waals surface area contributed by atoms with E-state index < -0.39 is 0 Å². The number of methoxy groups -OCH3 is 1. The van der Waals surface area contributed by atoms with Crippen LogP contribution in [0.25, 0.3) is 10.6 Å². The van der Waals surface area contributed by atoms with Crippen LogP contribution in [0.3, 0.4) is 0 Å². The fourth-order valence-electron chi connectivity index (χ4n) is 1.44. The van der Waals surface area contributed by atoms with Crippen LogP contribution in [0.4, 0.5) is 0 Å². The molecule has 16 heavy (non-hydrogen) atoms. The molecule has 1 aromatic carbocycles. The molecule has 0 aliphatic heterocycles. The molecule has 0 amide bonds. The molecule has 2 N–H and O–H groups in total. The summed E-state index contributed by atoms with van der Waals surface area (Å²) in [5.74, 6) is 0. The summed E-state index contributed by atoms with van der Waals surface area (Å²) in [5, 5.41) is 3.02. The molecule has 4 heteroatoms. The van der Waals surface area contributed by atoms with Gasteiger partial charge in [0, 0.05) is 24.6 Å². The molecule has 0 aliphatic rings. The SMILES string of the molecule is COCc1ccc(-c2nc(CN)cs2)cc1. The molecule has 2 rings (SSSR count). The Morgan fingerprint density at radius 2 is 2.06 bits per heavy atom. The first-order chi connectivity index (χ1) is 7.83.